The predicted octanol–water partition coefficient (Wildman–Crippen LogP) is 9.52. The third-order valence-corrected chi connectivity index (χ3v) is 8.23. The molecule has 0 amide bonds. The van der Waals surface area contributed by atoms with Crippen molar-refractivity contribution in [1.29, 1.82) is 0 Å². The van der Waals surface area contributed by atoms with E-state index < -0.39 is 0 Å². The van der Waals surface area contributed by atoms with Crippen LogP contribution in [0.25, 0.3) is 76.8 Å². The lowest BCUT2D eigenvalue weighted by atomic mass is 10.1. The van der Waals surface area contributed by atoms with Crippen molar-refractivity contribution >= 4 is 65.4 Å². The SMILES string of the molecule is c1ccc(-n2c3ccccc3c3cc4c(cc32)[nH]c2ccc(-n3c5ccccc5c5ccccc53)cc24)cc1. The van der Waals surface area contributed by atoms with Crippen LogP contribution in [0.2, 0.25) is 0 Å². The van der Waals surface area contributed by atoms with Crippen LogP contribution in [0.1, 0.15) is 0 Å². The van der Waals surface area contributed by atoms with Crippen LogP contribution in [0.4, 0.5) is 0 Å². The van der Waals surface area contributed by atoms with Crippen LogP contribution in [0, 0.1) is 0 Å². The molecule has 3 nitrogen and oxygen atoms in total. The molecule has 39 heavy (non-hydrogen) atoms. The fourth-order valence-electron chi connectivity index (χ4n) is 6.55. The average Bonchev–Trinajstić information content (AvgIpc) is 3.63. The zero-order valence-corrected chi connectivity index (χ0v) is 21.1. The van der Waals surface area contributed by atoms with Crippen LogP contribution in [-0.2, 0) is 0 Å². The van der Waals surface area contributed by atoms with Crippen molar-refractivity contribution in [3.8, 4) is 11.4 Å². The second kappa shape index (κ2) is 7.62. The molecule has 6 aromatic carbocycles. The van der Waals surface area contributed by atoms with Crippen LogP contribution >= 0.6 is 0 Å². The van der Waals surface area contributed by atoms with Gasteiger partial charge in [-0.1, -0.05) is 72.8 Å². The minimum absolute atomic E-state index is 1.15. The highest BCUT2D eigenvalue weighted by molar-refractivity contribution is 6.18. The minimum atomic E-state index is 1.15. The molecular weight excluding hydrogens is 474 g/mol. The maximum atomic E-state index is 3.72. The highest BCUT2D eigenvalue weighted by atomic mass is 15.0. The van der Waals surface area contributed by atoms with E-state index in [1.165, 1.54) is 65.8 Å². The van der Waals surface area contributed by atoms with E-state index in [0.29, 0.717) is 0 Å². The molecule has 0 fully saturated rings. The molecule has 0 aliphatic rings. The Kier molecular flexibility index (Phi) is 4.05. The van der Waals surface area contributed by atoms with Crippen LogP contribution in [0.3, 0.4) is 0 Å². The lowest BCUT2D eigenvalue weighted by Gasteiger charge is -2.08. The normalized spacial score (nSPS) is 12.1. The molecule has 0 saturated heterocycles. The molecule has 0 aliphatic carbocycles. The third-order valence-electron chi connectivity index (χ3n) is 8.23. The maximum absolute atomic E-state index is 3.72. The van der Waals surface area contributed by atoms with E-state index in [2.05, 4.69) is 148 Å². The number of rotatable bonds is 2. The van der Waals surface area contributed by atoms with Crippen molar-refractivity contribution in [2.75, 3.05) is 0 Å². The van der Waals surface area contributed by atoms with Crippen LogP contribution in [-0.4, -0.2) is 14.1 Å². The first-order valence-electron chi connectivity index (χ1n) is 13.4. The van der Waals surface area contributed by atoms with Crippen molar-refractivity contribution < 1.29 is 0 Å². The Morgan fingerprint density at radius 1 is 0.333 bits per heavy atom. The molecule has 0 spiro atoms. The summed E-state index contributed by atoms with van der Waals surface area (Å²) in [5.41, 5.74) is 9.54. The second-order valence-corrected chi connectivity index (χ2v) is 10.3. The Labute approximate surface area is 224 Å². The number of hydrogen-bond acceptors (Lipinski definition) is 0. The summed E-state index contributed by atoms with van der Waals surface area (Å²) in [6, 6.07) is 48.2. The monoisotopic (exact) mass is 497 g/mol. The highest BCUT2D eigenvalue weighted by Gasteiger charge is 2.16. The molecule has 9 rings (SSSR count). The number of aromatic nitrogens is 3. The molecule has 0 bridgehead atoms. The first-order chi connectivity index (χ1) is 19.3. The fraction of sp³-hybridized carbons (Fsp3) is 0. The van der Waals surface area contributed by atoms with Gasteiger partial charge in [0.2, 0.25) is 0 Å². The summed E-state index contributed by atoms with van der Waals surface area (Å²) in [6.45, 7) is 0. The van der Waals surface area contributed by atoms with E-state index in [1.54, 1.807) is 0 Å². The van der Waals surface area contributed by atoms with E-state index in [1.807, 2.05) is 0 Å². The van der Waals surface area contributed by atoms with Crippen LogP contribution in [0.5, 0.6) is 0 Å². The van der Waals surface area contributed by atoms with E-state index in [0.717, 1.165) is 11.0 Å². The van der Waals surface area contributed by atoms with Crippen molar-refractivity contribution in [3.05, 3.63) is 133 Å². The summed E-state index contributed by atoms with van der Waals surface area (Å²) in [5, 5.41) is 7.58. The van der Waals surface area contributed by atoms with Crippen molar-refractivity contribution in [2.24, 2.45) is 0 Å². The van der Waals surface area contributed by atoms with Gasteiger partial charge in [0.15, 0.2) is 0 Å². The predicted molar refractivity (Wildman–Crippen MR) is 164 cm³/mol. The number of hydrogen-bond donors (Lipinski definition) is 1. The summed E-state index contributed by atoms with van der Waals surface area (Å²) in [4.78, 5) is 3.72. The minimum Gasteiger partial charge on any atom is -0.354 e. The molecule has 9 aromatic rings. The Bertz CT molecular complexity index is 2330. The molecule has 3 heterocycles. The quantitative estimate of drug-likeness (QED) is 0.246. The van der Waals surface area contributed by atoms with Gasteiger partial charge in [0, 0.05) is 54.7 Å². The number of nitrogens with zero attached hydrogens (tertiary/aromatic N) is 2. The lowest BCUT2D eigenvalue weighted by Crippen LogP contribution is -1.93. The average molecular weight is 498 g/mol. The number of H-pyrrole nitrogens is 1. The largest absolute Gasteiger partial charge is 0.354 e. The molecule has 1 N–H and O–H groups in total. The summed E-state index contributed by atoms with van der Waals surface area (Å²) in [6.07, 6.45) is 0. The van der Waals surface area contributed by atoms with Crippen molar-refractivity contribution in [2.45, 2.75) is 0 Å². The van der Waals surface area contributed by atoms with Crippen LogP contribution < -0.4 is 0 Å². The van der Waals surface area contributed by atoms with Gasteiger partial charge in [-0.25, -0.2) is 0 Å². The fourth-order valence-corrected chi connectivity index (χ4v) is 6.55. The summed E-state index contributed by atoms with van der Waals surface area (Å²) >= 11 is 0. The van der Waals surface area contributed by atoms with Gasteiger partial charge < -0.3 is 14.1 Å². The third kappa shape index (κ3) is 2.82. The Hall–Kier alpha value is -5.28. The molecule has 0 saturated carbocycles. The summed E-state index contributed by atoms with van der Waals surface area (Å²) in [5.74, 6) is 0. The topological polar surface area (TPSA) is 25.6 Å². The molecule has 0 radical (unpaired) electrons. The maximum Gasteiger partial charge on any atom is 0.0562 e. The Morgan fingerprint density at radius 2 is 0.872 bits per heavy atom. The van der Waals surface area contributed by atoms with Gasteiger partial charge in [0.05, 0.1) is 22.1 Å². The number of benzene rings is 6. The molecule has 3 aromatic heterocycles. The number of para-hydroxylation sites is 4. The second-order valence-electron chi connectivity index (χ2n) is 10.3. The molecule has 3 heteroatoms. The molecular formula is C36H23N3. The first-order valence-corrected chi connectivity index (χ1v) is 13.4. The Balaban J connectivity index is 1.36. The van der Waals surface area contributed by atoms with Gasteiger partial charge in [-0.3, -0.25) is 0 Å². The summed E-state index contributed by atoms with van der Waals surface area (Å²) in [7, 11) is 0. The van der Waals surface area contributed by atoms with Crippen molar-refractivity contribution in [1.82, 2.24) is 14.1 Å². The van der Waals surface area contributed by atoms with Gasteiger partial charge in [0.25, 0.3) is 0 Å². The van der Waals surface area contributed by atoms with Crippen LogP contribution in [0.15, 0.2) is 133 Å². The standard InChI is InChI=1S/C36H23N3/c1-2-10-23(11-3-1)38-35-17-9-6-14-27(35)30-21-29-28-20-24(18-19-31(28)37-32(29)22-36(30)38)39-33-15-7-4-12-25(33)26-13-5-8-16-34(26)39/h1-22,37H. The Morgan fingerprint density at radius 3 is 1.54 bits per heavy atom. The van der Waals surface area contributed by atoms with Gasteiger partial charge in [-0.05, 0) is 60.7 Å². The lowest BCUT2D eigenvalue weighted by molar-refractivity contribution is 1.18. The van der Waals surface area contributed by atoms with Gasteiger partial charge in [0.1, 0.15) is 0 Å². The highest BCUT2D eigenvalue weighted by Crippen LogP contribution is 2.38. The van der Waals surface area contributed by atoms with E-state index in [9.17, 15) is 0 Å². The molecule has 0 atom stereocenters. The van der Waals surface area contributed by atoms with Gasteiger partial charge in [-0.15, -0.1) is 0 Å². The van der Waals surface area contributed by atoms with E-state index in [4.69, 9.17) is 0 Å². The van der Waals surface area contributed by atoms with Crippen molar-refractivity contribution in [3.63, 3.8) is 0 Å². The zero-order chi connectivity index (χ0) is 25.5. The molecule has 0 aliphatic heterocycles. The first kappa shape index (κ1) is 20.7. The molecule has 182 valence electrons. The number of nitrogens with one attached hydrogen (secondary N) is 1. The van der Waals surface area contributed by atoms with Gasteiger partial charge in [-0.2, -0.15) is 0 Å². The summed E-state index contributed by atoms with van der Waals surface area (Å²) < 4.78 is 4.77. The van der Waals surface area contributed by atoms with E-state index in [-0.39, 0.29) is 0 Å². The van der Waals surface area contributed by atoms with E-state index >= 15 is 0 Å². The van der Waals surface area contributed by atoms with Gasteiger partial charge >= 0.3 is 0 Å². The number of fused-ring (bicyclic) bond motifs is 9. The molecule has 0 unspecified atom stereocenters. The number of aromatic amines is 1. The smallest absolute Gasteiger partial charge is 0.0562 e. The zero-order valence-electron chi connectivity index (χ0n) is 21.1.